The van der Waals surface area contributed by atoms with Crippen LogP contribution < -0.4 is 11.1 Å². The fraction of sp³-hybridized carbons (Fsp3) is 0.174. The van der Waals surface area contributed by atoms with Crippen molar-refractivity contribution in [3.8, 4) is 23.0 Å². The molecular weight excluding hydrogens is 400 g/mol. The number of aromatic nitrogens is 2. The highest BCUT2D eigenvalue weighted by molar-refractivity contribution is 6.28. The summed E-state index contributed by atoms with van der Waals surface area (Å²) in [5.41, 5.74) is 11.0. The number of benzene rings is 2. The first-order valence-corrected chi connectivity index (χ1v) is 9.87. The average molecular weight is 419 g/mol. The molecule has 1 heterocycles. The summed E-state index contributed by atoms with van der Waals surface area (Å²) in [5, 5.41) is 2.80. The SMILES string of the molecule is Nc1nc(Cl)ncc1C#CCCNC(=O)OCC1c2ccccc2-c2ccccc21. The molecule has 0 fully saturated rings. The Morgan fingerprint density at radius 3 is 2.47 bits per heavy atom. The Kier molecular flexibility index (Phi) is 5.82. The number of alkyl carbamates (subject to hydrolysis) is 1. The van der Waals surface area contributed by atoms with E-state index in [9.17, 15) is 4.79 Å². The van der Waals surface area contributed by atoms with E-state index in [0.717, 1.165) is 0 Å². The standard InChI is InChI=1S/C23H19ClN4O2/c24-22-27-13-15(21(25)28-22)7-5-6-12-26-23(29)30-14-20-18-10-3-1-8-16(18)17-9-2-4-11-19(17)20/h1-4,8-11,13,20H,6,12,14H2,(H,26,29)(H2,25,27,28). The Labute approximate surface area is 179 Å². The molecule has 0 unspecified atom stereocenters. The van der Waals surface area contributed by atoms with Crippen molar-refractivity contribution in [1.82, 2.24) is 15.3 Å². The number of hydrogen-bond acceptors (Lipinski definition) is 5. The summed E-state index contributed by atoms with van der Waals surface area (Å²) >= 11 is 5.66. The number of nitrogens with two attached hydrogens (primary N) is 1. The Morgan fingerprint density at radius 1 is 1.13 bits per heavy atom. The normalized spacial score (nSPS) is 11.8. The highest BCUT2D eigenvalue weighted by Crippen LogP contribution is 2.44. The summed E-state index contributed by atoms with van der Waals surface area (Å²) in [7, 11) is 0. The van der Waals surface area contributed by atoms with Gasteiger partial charge in [-0.15, -0.1) is 0 Å². The molecule has 0 saturated carbocycles. The number of rotatable bonds is 4. The van der Waals surface area contributed by atoms with Crippen molar-refractivity contribution in [2.45, 2.75) is 12.3 Å². The van der Waals surface area contributed by atoms with Crippen LogP contribution >= 0.6 is 11.6 Å². The second kappa shape index (κ2) is 8.85. The molecule has 0 atom stereocenters. The maximum atomic E-state index is 12.1. The van der Waals surface area contributed by atoms with Gasteiger partial charge in [0.15, 0.2) is 0 Å². The first-order valence-electron chi connectivity index (χ1n) is 9.49. The fourth-order valence-electron chi connectivity index (χ4n) is 3.50. The van der Waals surface area contributed by atoms with Crippen LogP contribution in [0.2, 0.25) is 5.28 Å². The lowest BCUT2D eigenvalue weighted by molar-refractivity contribution is 0.143. The van der Waals surface area contributed by atoms with Gasteiger partial charge in [0.05, 0.1) is 5.56 Å². The highest BCUT2D eigenvalue weighted by Gasteiger charge is 2.28. The molecule has 3 aromatic rings. The second-order valence-electron chi connectivity index (χ2n) is 6.74. The molecule has 1 amide bonds. The van der Waals surface area contributed by atoms with Crippen LogP contribution in [0, 0.1) is 11.8 Å². The summed E-state index contributed by atoms with van der Waals surface area (Å²) in [6.07, 6.45) is 1.44. The van der Waals surface area contributed by atoms with Crippen molar-refractivity contribution in [3.63, 3.8) is 0 Å². The Morgan fingerprint density at radius 2 is 1.80 bits per heavy atom. The van der Waals surface area contributed by atoms with Gasteiger partial charge in [-0.25, -0.2) is 9.78 Å². The van der Waals surface area contributed by atoms with Gasteiger partial charge in [-0.2, -0.15) is 4.98 Å². The molecule has 1 aromatic heterocycles. The third kappa shape index (κ3) is 4.22. The van der Waals surface area contributed by atoms with Gasteiger partial charge in [0, 0.05) is 25.1 Å². The summed E-state index contributed by atoms with van der Waals surface area (Å²) in [5.74, 6) is 6.05. The van der Waals surface area contributed by atoms with Gasteiger partial charge in [0.2, 0.25) is 5.28 Å². The zero-order valence-electron chi connectivity index (χ0n) is 16.1. The Balaban J connectivity index is 1.29. The third-order valence-corrected chi connectivity index (χ3v) is 5.06. The minimum Gasteiger partial charge on any atom is -0.449 e. The van der Waals surface area contributed by atoms with E-state index in [0.29, 0.717) is 18.5 Å². The Bertz CT molecular complexity index is 1110. The quantitative estimate of drug-likeness (QED) is 0.380. The number of halogens is 1. The van der Waals surface area contributed by atoms with E-state index in [-0.39, 0.29) is 23.6 Å². The second-order valence-corrected chi connectivity index (χ2v) is 7.08. The summed E-state index contributed by atoms with van der Waals surface area (Å²) in [4.78, 5) is 19.8. The van der Waals surface area contributed by atoms with Gasteiger partial charge in [0.25, 0.3) is 0 Å². The fourth-order valence-corrected chi connectivity index (χ4v) is 3.64. The highest BCUT2D eigenvalue weighted by atomic mass is 35.5. The van der Waals surface area contributed by atoms with Crippen LogP contribution in [-0.2, 0) is 4.74 Å². The van der Waals surface area contributed by atoms with E-state index >= 15 is 0 Å². The molecule has 4 rings (SSSR count). The van der Waals surface area contributed by atoms with Gasteiger partial charge in [-0.05, 0) is 33.9 Å². The summed E-state index contributed by atoms with van der Waals surface area (Å²) in [6.45, 7) is 0.641. The number of carbonyl (C=O) groups is 1. The molecule has 2 aromatic carbocycles. The van der Waals surface area contributed by atoms with Crippen molar-refractivity contribution in [3.05, 3.63) is 76.7 Å². The molecule has 150 valence electrons. The van der Waals surface area contributed by atoms with E-state index in [1.807, 2.05) is 24.3 Å². The van der Waals surface area contributed by atoms with Crippen LogP contribution in [0.3, 0.4) is 0 Å². The van der Waals surface area contributed by atoms with E-state index in [2.05, 4.69) is 51.4 Å². The molecule has 0 aliphatic heterocycles. The molecule has 6 nitrogen and oxygen atoms in total. The number of nitrogens with zero attached hydrogens (tertiary/aromatic N) is 2. The van der Waals surface area contributed by atoms with E-state index in [1.165, 1.54) is 28.5 Å². The molecule has 3 N–H and O–H groups in total. The van der Waals surface area contributed by atoms with Gasteiger partial charge in [-0.3, -0.25) is 0 Å². The molecule has 1 aliphatic carbocycles. The lowest BCUT2D eigenvalue weighted by Gasteiger charge is -2.14. The van der Waals surface area contributed by atoms with Crippen LogP contribution in [0.4, 0.5) is 10.6 Å². The van der Waals surface area contributed by atoms with Crippen molar-refractivity contribution in [2.24, 2.45) is 0 Å². The zero-order chi connectivity index (χ0) is 20.9. The van der Waals surface area contributed by atoms with Crippen LogP contribution in [0.25, 0.3) is 11.1 Å². The smallest absolute Gasteiger partial charge is 0.407 e. The lowest BCUT2D eigenvalue weighted by atomic mass is 9.98. The first-order chi connectivity index (χ1) is 14.6. The first kappa shape index (κ1) is 19.7. The number of nitrogen functional groups attached to an aromatic ring is 1. The molecule has 0 radical (unpaired) electrons. The van der Waals surface area contributed by atoms with E-state index < -0.39 is 6.09 Å². The number of ether oxygens (including phenoxy) is 1. The van der Waals surface area contributed by atoms with Crippen LogP contribution in [0.5, 0.6) is 0 Å². The van der Waals surface area contributed by atoms with E-state index in [1.54, 1.807) is 0 Å². The van der Waals surface area contributed by atoms with Crippen LogP contribution in [-0.4, -0.2) is 29.2 Å². The van der Waals surface area contributed by atoms with Gasteiger partial charge in [0.1, 0.15) is 12.4 Å². The monoisotopic (exact) mass is 418 g/mol. The predicted octanol–water partition coefficient (Wildman–Crippen LogP) is 3.99. The van der Waals surface area contributed by atoms with Gasteiger partial charge in [-0.1, -0.05) is 60.4 Å². The molecule has 0 saturated heterocycles. The van der Waals surface area contributed by atoms with Crippen LogP contribution in [0.15, 0.2) is 54.7 Å². The van der Waals surface area contributed by atoms with Crippen molar-refractivity contribution in [2.75, 3.05) is 18.9 Å². The van der Waals surface area contributed by atoms with Crippen LogP contribution in [0.1, 0.15) is 29.0 Å². The van der Waals surface area contributed by atoms with Crippen molar-refractivity contribution < 1.29 is 9.53 Å². The number of carbonyl (C=O) groups excluding carboxylic acids is 1. The molecule has 7 heteroatoms. The minimum atomic E-state index is -0.465. The number of anilines is 1. The summed E-state index contributed by atoms with van der Waals surface area (Å²) in [6, 6.07) is 16.4. The number of fused-ring (bicyclic) bond motifs is 3. The Hall–Kier alpha value is -3.56. The largest absolute Gasteiger partial charge is 0.449 e. The molecule has 0 bridgehead atoms. The van der Waals surface area contributed by atoms with Crippen molar-refractivity contribution >= 4 is 23.5 Å². The lowest BCUT2D eigenvalue weighted by Crippen LogP contribution is -2.26. The topological polar surface area (TPSA) is 90.1 Å². The number of hydrogen-bond donors (Lipinski definition) is 2. The predicted molar refractivity (Wildman–Crippen MR) is 116 cm³/mol. The number of amides is 1. The average Bonchev–Trinajstić information content (AvgIpc) is 3.07. The van der Waals surface area contributed by atoms with Crippen molar-refractivity contribution in [1.29, 1.82) is 0 Å². The zero-order valence-corrected chi connectivity index (χ0v) is 16.8. The molecular formula is C23H19ClN4O2. The maximum Gasteiger partial charge on any atom is 0.407 e. The molecule has 0 spiro atoms. The maximum absolute atomic E-state index is 12.1. The summed E-state index contributed by atoms with van der Waals surface area (Å²) < 4.78 is 5.48. The minimum absolute atomic E-state index is 0.0378. The molecule has 30 heavy (non-hydrogen) atoms. The van der Waals surface area contributed by atoms with Gasteiger partial charge >= 0.3 is 6.09 Å². The van der Waals surface area contributed by atoms with Gasteiger partial charge < -0.3 is 15.8 Å². The molecule has 1 aliphatic rings. The number of nitrogens with one attached hydrogen (secondary N) is 1. The third-order valence-electron chi connectivity index (χ3n) is 4.87. The van der Waals surface area contributed by atoms with E-state index in [4.69, 9.17) is 22.1 Å².